The van der Waals surface area contributed by atoms with E-state index in [9.17, 15) is 4.79 Å². The van der Waals surface area contributed by atoms with Crippen LogP contribution in [0.3, 0.4) is 0 Å². The van der Waals surface area contributed by atoms with Crippen molar-refractivity contribution in [2.45, 2.75) is 34.0 Å². The van der Waals surface area contributed by atoms with Crippen molar-refractivity contribution in [1.82, 2.24) is 0 Å². The molecule has 3 N–H and O–H groups in total. The van der Waals surface area contributed by atoms with Gasteiger partial charge in [-0.05, 0) is 13.8 Å². The number of hydrogen-bond donors (Lipinski definition) is 3. The molecule has 0 unspecified atom stereocenters. The van der Waals surface area contributed by atoms with Crippen molar-refractivity contribution in [3.63, 3.8) is 0 Å². The summed E-state index contributed by atoms with van der Waals surface area (Å²) in [5, 5.41) is 26.8. The van der Waals surface area contributed by atoms with E-state index in [2.05, 4.69) is 0 Å². The standard InChI is InChI=1S/C10H20O5/c1-9(2,5-11)6-15-8(14)10(3,4)7(12)13/h7,11-13H,5-6H2,1-4H3. The number of esters is 1. The molecule has 0 aliphatic heterocycles. The third-order valence-electron chi connectivity index (χ3n) is 2.19. The summed E-state index contributed by atoms with van der Waals surface area (Å²) >= 11 is 0. The second kappa shape index (κ2) is 4.92. The fourth-order valence-electron chi connectivity index (χ4n) is 0.598. The molecule has 0 saturated carbocycles. The molecule has 0 heterocycles. The lowest BCUT2D eigenvalue weighted by molar-refractivity contribution is -0.183. The molecule has 0 aromatic rings. The zero-order valence-corrected chi connectivity index (χ0v) is 9.65. The van der Waals surface area contributed by atoms with E-state index in [1.807, 2.05) is 0 Å². The van der Waals surface area contributed by atoms with Crippen LogP contribution in [0.25, 0.3) is 0 Å². The number of hydrogen-bond acceptors (Lipinski definition) is 5. The number of rotatable bonds is 5. The van der Waals surface area contributed by atoms with Gasteiger partial charge in [0.1, 0.15) is 5.41 Å². The smallest absolute Gasteiger partial charge is 0.316 e. The Balaban J connectivity index is 4.28. The zero-order chi connectivity index (χ0) is 12.3. The molecule has 0 rings (SSSR count). The van der Waals surface area contributed by atoms with E-state index in [-0.39, 0.29) is 13.2 Å². The van der Waals surface area contributed by atoms with Gasteiger partial charge < -0.3 is 20.1 Å². The summed E-state index contributed by atoms with van der Waals surface area (Å²) in [6.45, 7) is 6.17. The van der Waals surface area contributed by atoms with Gasteiger partial charge in [0.05, 0.1) is 13.2 Å². The van der Waals surface area contributed by atoms with Crippen LogP contribution in [-0.4, -0.2) is 40.8 Å². The van der Waals surface area contributed by atoms with Crippen molar-refractivity contribution < 1.29 is 24.9 Å². The molecule has 0 atom stereocenters. The molecule has 0 fully saturated rings. The number of carbonyl (C=O) groups is 1. The molecule has 15 heavy (non-hydrogen) atoms. The minimum Gasteiger partial charge on any atom is -0.464 e. The number of aliphatic hydroxyl groups excluding tert-OH is 2. The molecule has 0 aliphatic rings. The number of ether oxygens (including phenoxy) is 1. The molecule has 0 amide bonds. The molecule has 0 spiro atoms. The average molecular weight is 220 g/mol. The van der Waals surface area contributed by atoms with Crippen LogP contribution in [0.1, 0.15) is 27.7 Å². The van der Waals surface area contributed by atoms with E-state index in [0.29, 0.717) is 0 Å². The minimum absolute atomic E-state index is 0.0402. The average Bonchev–Trinajstić information content (AvgIpc) is 2.14. The Hall–Kier alpha value is -0.650. The highest BCUT2D eigenvalue weighted by Crippen LogP contribution is 2.23. The molecular formula is C10H20O5. The topological polar surface area (TPSA) is 87.0 Å². The van der Waals surface area contributed by atoms with Crippen LogP contribution in [0.5, 0.6) is 0 Å². The minimum atomic E-state index is -1.76. The SMILES string of the molecule is CC(C)(CO)COC(=O)C(C)(C)C(O)O. The zero-order valence-electron chi connectivity index (χ0n) is 9.65. The molecule has 0 saturated heterocycles. The van der Waals surface area contributed by atoms with E-state index >= 15 is 0 Å². The summed E-state index contributed by atoms with van der Waals surface area (Å²) in [5.74, 6) is -0.695. The van der Waals surface area contributed by atoms with Gasteiger partial charge in [0.25, 0.3) is 0 Å². The maximum atomic E-state index is 11.4. The predicted molar refractivity (Wildman–Crippen MR) is 53.8 cm³/mol. The van der Waals surface area contributed by atoms with Crippen LogP contribution in [0.15, 0.2) is 0 Å². The fraction of sp³-hybridized carbons (Fsp3) is 0.900. The van der Waals surface area contributed by atoms with Gasteiger partial charge in [-0.3, -0.25) is 4.79 Å². The monoisotopic (exact) mass is 220 g/mol. The quantitative estimate of drug-likeness (QED) is 0.444. The van der Waals surface area contributed by atoms with Crippen molar-refractivity contribution >= 4 is 5.97 Å². The summed E-state index contributed by atoms with van der Waals surface area (Å²) in [6, 6.07) is 0. The van der Waals surface area contributed by atoms with Gasteiger partial charge in [0, 0.05) is 5.41 Å². The van der Waals surface area contributed by atoms with Crippen LogP contribution in [0, 0.1) is 10.8 Å². The first-order valence-electron chi connectivity index (χ1n) is 4.78. The van der Waals surface area contributed by atoms with Crippen molar-refractivity contribution in [2.75, 3.05) is 13.2 Å². The Morgan fingerprint density at radius 2 is 1.73 bits per heavy atom. The largest absolute Gasteiger partial charge is 0.464 e. The fourth-order valence-corrected chi connectivity index (χ4v) is 0.598. The van der Waals surface area contributed by atoms with Crippen molar-refractivity contribution in [1.29, 1.82) is 0 Å². The molecule has 5 heteroatoms. The lowest BCUT2D eigenvalue weighted by Gasteiger charge is -2.27. The summed E-state index contributed by atoms with van der Waals surface area (Å²) in [4.78, 5) is 11.4. The highest BCUT2D eigenvalue weighted by Gasteiger charge is 2.37. The van der Waals surface area contributed by atoms with E-state index < -0.39 is 23.1 Å². The second-order valence-corrected chi connectivity index (χ2v) is 4.99. The molecular weight excluding hydrogens is 200 g/mol. The molecule has 0 bridgehead atoms. The summed E-state index contributed by atoms with van der Waals surface area (Å²) in [5.41, 5.74) is -1.88. The third kappa shape index (κ3) is 4.15. The Morgan fingerprint density at radius 1 is 1.27 bits per heavy atom. The predicted octanol–water partition coefficient (Wildman–Crippen LogP) is -0.115. The lowest BCUT2D eigenvalue weighted by atomic mass is 9.92. The number of carbonyl (C=O) groups excluding carboxylic acids is 1. The van der Waals surface area contributed by atoms with Crippen molar-refractivity contribution in [2.24, 2.45) is 10.8 Å². The second-order valence-electron chi connectivity index (χ2n) is 4.99. The summed E-state index contributed by atoms with van der Waals surface area (Å²) < 4.78 is 4.90. The first kappa shape index (κ1) is 14.3. The van der Waals surface area contributed by atoms with Gasteiger partial charge in [-0.25, -0.2) is 0 Å². The van der Waals surface area contributed by atoms with E-state index in [1.54, 1.807) is 13.8 Å². The van der Waals surface area contributed by atoms with Crippen molar-refractivity contribution in [3.05, 3.63) is 0 Å². The van der Waals surface area contributed by atoms with Crippen molar-refractivity contribution in [3.8, 4) is 0 Å². The molecule has 5 nitrogen and oxygen atoms in total. The maximum Gasteiger partial charge on any atom is 0.316 e. The molecule has 0 aromatic heterocycles. The summed E-state index contributed by atoms with van der Waals surface area (Å²) in [7, 11) is 0. The van der Waals surface area contributed by atoms with E-state index in [4.69, 9.17) is 20.1 Å². The van der Waals surface area contributed by atoms with Crippen LogP contribution < -0.4 is 0 Å². The van der Waals surface area contributed by atoms with Gasteiger partial charge in [-0.15, -0.1) is 0 Å². The molecule has 0 aromatic carbocycles. The first-order valence-corrected chi connectivity index (χ1v) is 4.78. The molecule has 0 aliphatic carbocycles. The van der Waals surface area contributed by atoms with E-state index in [1.165, 1.54) is 13.8 Å². The summed E-state index contributed by atoms with van der Waals surface area (Å²) in [6.07, 6.45) is -1.76. The highest BCUT2D eigenvalue weighted by molar-refractivity contribution is 5.76. The first-order chi connectivity index (χ1) is 6.63. The van der Waals surface area contributed by atoms with Crippen LogP contribution >= 0.6 is 0 Å². The Labute approximate surface area is 89.7 Å². The van der Waals surface area contributed by atoms with Crippen LogP contribution in [0.2, 0.25) is 0 Å². The van der Waals surface area contributed by atoms with Gasteiger partial charge >= 0.3 is 5.97 Å². The third-order valence-corrected chi connectivity index (χ3v) is 2.19. The maximum absolute atomic E-state index is 11.4. The molecule has 90 valence electrons. The normalized spacial score (nSPS) is 13.1. The Morgan fingerprint density at radius 3 is 2.07 bits per heavy atom. The number of aliphatic hydroxyl groups is 3. The Kier molecular flexibility index (Phi) is 4.70. The highest BCUT2D eigenvalue weighted by atomic mass is 16.5. The lowest BCUT2D eigenvalue weighted by Crippen LogP contribution is -2.40. The Bertz CT molecular complexity index is 220. The van der Waals surface area contributed by atoms with Gasteiger partial charge in [-0.1, -0.05) is 13.8 Å². The molecule has 0 radical (unpaired) electrons. The van der Waals surface area contributed by atoms with Crippen LogP contribution in [0.4, 0.5) is 0 Å². The van der Waals surface area contributed by atoms with Gasteiger partial charge in [-0.2, -0.15) is 0 Å². The van der Waals surface area contributed by atoms with Crippen LogP contribution in [-0.2, 0) is 9.53 Å². The van der Waals surface area contributed by atoms with Gasteiger partial charge in [0.15, 0.2) is 6.29 Å². The van der Waals surface area contributed by atoms with Gasteiger partial charge in [0.2, 0.25) is 0 Å². The van der Waals surface area contributed by atoms with E-state index in [0.717, 1.165) is 0 Å².